The number of nitrogens with zero attached hydrogens (tertiary/aromatic N) is 5. The van der Waals surface area contributed by atoms with Gasteiger partial charge in [0.25, 0.3) is 5.91 Å². The number of thiazole rings is 1. The molecule has 4 unspecified atom stereocenters. The van der Waals surface area contributed by atoms with E-state index < -0.39 is 126 Å². The Morgan fingerprint density at radius 3 is 2.10 bits per heavy atom. The van der Waals surface area contributed by atoms with Crippen molar-refractivity contribution in [2.45, 2.75) is 136 Å². The maximum absolute atomic E-state index is 14.9. The number of ether oxygens (including phenoxy) is 1. The van der Waals surface area contributed by atoms with Gasteiger partial charge >= 0.3 is 13.3 Å². The second-order valence-corrected chi connectivity index (χ2v) is 28.6. The number of unbranched alkanes of at least 4 members (excludes halogenated alkanes) is 1. The van der Waals surface area contributed by atoms with Gasteiger partial charge in [0.05, 0.1) is 52.8 Å². The van der Waals surface area contributed by atoms with Crippen molar-refractivity contribution in [1.82, 2.24) is 45.9 Å². The monoisotopic (exact) mass is 1290 g/mol. The first-order chi connectivity index (χ1) is 41.8. The molecule has 3 aliphatic rings. The zero-order valence-electron chi connectivity index (χ0n) is 51.0. The highest BCUT2D eigenvalue weighted by molar-refractivity contribution is 7.52. The highest BCUT2D eigenvalue weighted by Gasteiger charge is 2.51. The van der Waals surface area contributed by atoms with Crippen LogP contribution in [0, 0.1) is 17.8 Å². The van der Waals surface area contributed by atoms with Gasteiger partial charge in [0.1, 0.15) is 36.7 Å². The van der Waals surface area contributed by atoms with Gasteiger partial charge in [0.15, 0.2) is 0 Å². The van der Waals surface area contributed by atoms with Crippen LogP contribution in [0.4, 0.5) is 8.78 Å². The van der Waals surface area contributed by atoms with Gasteiger partial charge in [-0.15, -0.1) is 22.7 Å². The average Bonchev–Trinajstić information content (AvgIpc) is 1.89. The van der Waals surface area contributed by atoms with E-state index in [1.807, 2.05) is 68.4 Å². The number of hydrogen-bond acceptors (Lipinski definition) is 14. The summed E-state index contributed by atoms with van der Waals surface area (Å²) < 4.78 is 47.3. The quantitative estimate of drug-likeness (QED) is 0.0253. The summed E-state index contributed by atoms with van der Waals surface area (Å²) in [6.45, 7) is 14.2. The summed E-state index contributed by atoms with van der Waals surface area (Å²) >= 11 is 2.45. The van der Waals surface area contributed by atoms with Crippen LogP contribution in [0.1, 0.15) is 125 Å². The molecular weight excluding hydrogens is 1210 g/mol. The van der Waals surface area contributed by atoms with Crippen LogP contribution in [0.3, 0.4) is 0 Å². The number of aromatic nitrogens is 1. The van der Waals surface area contributed by atoms with E-state index >= 15 is 0 Å². The van der Waals surface area contributed by atoms with Crippen LogP contribution in [-0.2, 0) is 48.5 Å². The molecule has 0 spiro atoms. The van der Waals surface area contributed by atoms with Crippen molar-refractivity contribution in [3.8, 4) is 10.4 Å². The standard InChI is InChI=1S/C62H78F2N9O13PS2/c1-36(38-17-19-40(20-18-38)52-37(2)66-35-88-52)67-55(78)44-30-43(74)32-73(44)59(82)53(60(3,4)5)68-49(75)16-12-13-23-65-50(76)31-51(77)70-24-25-72(45(33-70)57(80)71-26-27-86-46(34-71)39-14-10-9-11-15-39)58(81)54(61(6,7)8)69-56(79)48-29-41-28-42(21-22-47(41)89-48)62(63,64)87(83,84)85/h9-11,14-15,17-22,28-29,35-36,43-46,53-54,74H,12-13,16,23-27,30-34H2,1-8H3,(H,65,76)(H,67,78)(H,68,75)(H,69,79)(H2,83,84,85)/t36-,43+,44-,45?,46?,53?,54?/m0/s1. The van der Waals surface area contributed by atoms with Gasteiger partial charge in [-0.05, 0) is 77.8 Å². The van der Waals surface area contributed by atoms with Crippen molar-refractivity contribution in [3.05, 3.63) is 112 Å². The van der Waals surface area contributed by atoms with E-state index in [1.165, 1.54) is 38.2 Å². The van der Waals surface area contributed by atoms with Crippen molar-refractivity contribution in [2.24, 2.45) is 10.8 Å². The molecule has 3 saturated heterocycles. The minimum Gasteiger partial charge on any atom is -0.391 e. The van der Waals surface area contributed by atoms with Crippen molar-refractivity contribution in [1.29, 1.82) is 0 Å². The van der Waals surface area contributed by atoms with E-state index in [0.29, 0.717) is 11.1 Å². The lowest BCUT2D eigenvalue weighted by Crippen LogP contribution is -2.66. The molecule has 0 aliphatic carbocycles. The smallest absolute Gasteiger partial charge is 0.391 e. The molecule has 0 saturated carbocycles. The second-order valence-electron chi connectivity index (χ2n) is 25.0. The topological polar surface area (TPSA) is 298 Å². The summed E-state index contributed by atoms with van der Waals surface area (Å²) in [7, 11) is -5.89. The number of β-amino-alcohol motifs (C(OH)–C–C–N with tert-alkyl or cyclic N) is 1. The number of benzene rings is 3. The van der Waals surface area contributed by atoms with E-state index in [2.05, 4.69) is 26.3 Å². The van der Waals surface area contributed by atoms with Crippen LogP contribution in [0.15, 0.2) is 84.4 Å². The number of thiophene rings is 1. The van der Waals surface area contributed by atoms with E-state index in [-0.39, 0.29) is 81.9 Å². The largest absolute Gasteiger partial charge is 0.399 e. The lowest BCUT2D eigenvalue weighted by molar-refractivity contribution is -0.158. The SMILES string of the molecule is Cc1ncsc1-c1ccc([C@H](C)NC(=O)[C@@H]2C[C@@H](O)CN2C(=O)C(NC(=O)CCCCNC(=O)CC(=O)N2CCN(C(=O)C(NC(=O)c3cc4cc(C(F)(F)P(=O)(O)O)ccc4s3)C(C)(C)C)C(C(=O)N3CCOC(c4ccccc4)C3)C2)C(C)(C)C)cc1. The van der Waals surface area contributed by atoms with Crippen LogP contribution in [0.25, 0.3) is 20.5 Å². The predicted molar refractivity (Wildman–Crippen MR) is 330 cm³/mol. The van der Waals surface area contributed by atoms with E-state index in [0.717, 1.165) is 50.7 Å². The van der Waals surface area contributed by atoms with Gasteiger partial charge in [0, 0.05) is 55.8 Å². The number of morpholine rings is 1. The predicted octanol–water partition coefficient (Wildman–Crippen LogP) is 6.39. The number of carbonyl (C=O) groups is 8. The van der Waals surface area contributed by atoms with Crippen LogP contribution in [0.5, 0.6) is 0 Å². The first-order valence-corrected chi connectivity index (χ1v) is 32.8. The van der Waals surface area contributed by atoms with Gasteiger partial charge in [0.2, 0.25) is 41.4 Å². The molecule has 0 bridgehead atoms. The Labute approximate surface area is 523 Å². The van der Waals surface area contributed by atoms with Gasteiger partial charge in [-0.25, -0.2) is 4.98 Å². The molecule has 27 heteroatoms. The molecule has 3 fully saturated rings. The molecule has 8 amide bonds. The van der Waals surface area contributed by atoms with Crippen LogP contribution >= 0.6 is 30.3 Å². The molecule has 7 atom stereocenters. The van der Waals surface area contributed by atoms with E-state index in [1.54, 1.807) is 52.0 Å². The molecule has 0 radical (unpaired) electrons. The Balaban J connectivity index is 0.860. The molecule has 3 aromatic carbocycles. The Kier molecular flexibility index (Phi) is 21.3. The number of carbonyl (C=O) groups excluding carboxylic acids is 8. The molecule has 480 valence electrons. The number of halogens is 2. The zero-order chi connectivity index (χ0) is 64.9. The molecule has 5 heterocycles. The first kappa shape index (κ1) is 67.9. The van der Waals surface area contributed by atoms with Gasteiger partial charge < -0.3 is 60.5 Å². The van der Waals surface area contributed by atoms with Crippen molar-refractivity contribution >= 4 is 87.6 Å². The molecule has 8 rings (SSSR count). The highest BCUT2D eigenvalue weighted by Crippen LogP contribution is 2.59. The fraction of sp³-hybridized carbons (Fsp3) is 0.500. The normalized spacial score (nSPS) is 19.5. The number of hydrogen-bond donors (Lipinski definition) is 7. The lowest BCUT2D eigenvalue weighted by Gasteiger charge is -2.45. The molecule has 3 aliphatic heterocycles. The lowest BCUT2D eigenvalue weighted by atomic mass is 9.85. The molecular formula is C62H78F2N9O13PS2. The van der Waals surface area contributed by atoms with E-state index in [4.69, 9.17) is 4.74 Å². The maximum atomic E-state index is 14.9. The number of aryl methyl sites for hydroxylation is 1. The fourth-order valence-corrected chi connectivity index (χ4v) is 13.4. The number of amides is 8. The molecule has 5 aromatic rings. The minimum absolute atomic E-state index is 0.00889. The minimum atomic E-state index is -5.89. The summed E-state index contributed by atoms with van der Waals surface area (Å²) in [5.41, 5.74) is -1.84. The molecule has 22 nitrogen and oxygen atoms in total. The summed E-state index contributed by atoms with van der Waals surface area (Å²) in [6, 6.07) is 16.3. The first-order valence-electron chi connectivity index (χ1n) is 29.5. The van der Waals surface area contributed by atoms with Crippen molar-refractivity contribution in [2.75, 3.05) is 52.4 Å². The van der Waals surface area contributed by atoms with Crippen LogP contribution in [-0.4, -0.2) is 169 Å². The van der Waals surface area contributed by atoms with Crippen molar-refractivity contribution < 1.29 is 71.3 Å². The summed E-state index contributed by atoms with van der Waals surface area (Å²) in [4.78, 5) is 142. The van der Waals surface area contributed by atoms with Gasteiger partial charge in [-0.3, -0.25) is 42.9 Å². The molecule has 7 N–H and O–H groups in total. The Bertz CT molecular complexity index is 3480. The highest BCUT2D eigenvalue weighted by atomic mass is 32.1. The summed E-state index contributed by atoms with van der Waals surface area (Å²) in [6.07, 6.45) is -1.45. The Hall–Kier alpha value is -7.06. The number of alkyl halides is 2. The zero-order valence-corrected chi connectivity index (χ0v) is 53.5. The van der Waals surface area contributed by atoms with Gasteiger partial charge in [-0.2, -0.15) is 8.78 Å². The molecule has 89 heavy (non-hydrogen) atoms. The summed E-state index contributed by atoms with van der Waals surface area (Å²) in [5, 5.41) is 22.2. The number of aliphatic hydroxyl groups excluding tert-OH is 1. The third kappa shape index (κ3) is 16.3. The summed E-state index contributed by atoms with van der Waals surface area (Å²) in [5.74, 6) is -4.52. The second kappa shape index (κ2) is 28.0. The van der Waals surface area contributed by atoms with Crippen LogP contribution in [0.2, 0.25) is 0 Å². The van der Waals surface area contributed by atoms with Gasteiger partial charge in [-0.1, -0.05) is 102 Å². The van der Waals surface area contributed by atoms with Crippen molar-refractivity contribution in [3.63, 3.8) is 0 Å². The number of rotatable bonds is 20. The van der Waals surface area contributed by atoms with E-state index in [9.17, 15) is 66.6 Å². The average molecular weight is 1290 g/mol. The third-order valence-corrected chi connectivity index (χ3v) is 19.3. The molecule has 2 aromatic heterocycles. The number of piperazine rings is 1. The number of nitrogens with one attached hydrogen (secondary N) is 4. The third-order valence-electron chi connectivity index (χ3n) is 16.2. The maximum Gasteiger partial charge on any atom is 0.399 e. The number of likely N-dealkylation sites (tertiary alicyclic amines) is 1. The fourth-order valence-electron chi connectivity index (χ4n) is 11.1. The number of aliphatic hydroxyl groups is 1. The number of fused-ring (bicyclic) bond motifs is 1. The Morgan fingerprint density at radius 1 is 0.775 bits per heavy atom. The van der Waals surface area contributed by atoms with Crippen LogP contribution < -0.4 is 21.3 Å². The Morgan fingerprint density at radius 2 is 1.45 bits per heavy atom.